The van der Waals surface area contributed by atoms with Gasteiger partial charge in [-0.3, -0.25) is 4.90 Å². The lowest BCUT2D eigenvalue weighted by Crippen LogP contribution is -2.45. The Morgan fingerprint density at radius 3 is 2.84 bits per heavy atom. The minimum atomic E-state index is -4.42. The highest BCUT2D eigenvalue weighted by Crippen LogP contribution is 2.37. The van der Waals surface area contributed by atoms with Crippen molar-refractivity contribution in [2.45, 2.75) is 25.7 Å². The Morgan fingerprint density at radius 1 is 1.36 bits per heavy atom. The summed E-state index contributed by atoms with van der Waals surface area (Å²) in [4.78, 5) is 6.04. The number of halogens is 3. The molecule has 1 saturated heterocycles. The number of hydrogen-bond acceptors (Lipinski definition) is 5. The molecule has 3 rings (SSSR count). The van der Waals surface area contributed by atoms with Crippen molar-refractivity contribution in [1.29, 1.82) is 0 Å². The first-order valence-corrected chi connectivity index (χ1v) is 8.83. The van der Waals surface area contributed by atoms with E-state index in [1.807, 2.05) is 24.3 Å². The molecular formula is C17H20F3N3OS. The third-order valence-electron chi connectivity index (χ3n) is 4.27. The maximum Gasteiger partial charge on any atom is 0.434 e. The van der Waals surface area contributed by atoms with E-state index >= 15 is 0 Å². The Bertz CT molecular complexity index is 732. The smallest absolute Gasteiger partial charge is 0.434 e. The van der Waals surface area contributed by atoms with Crippen molar-refractivity contribution >= 4 is 11.3 Å². The highest BCUT2D eigenvalue weighted by molar-refractivity contribution is 7.11. The first kappa shape index (κ1) is 18.2. The summed E-state index contributed by atoms with van der Waals surface area (Å²) in [7, 11) is 1.60. The lowest BCUT2D eigenvalue weighted by molar-refractivity contribution is -0.141. The summed E-state index contributed by atoms with van der Waals surface area (Å²) in [6.45, 7) is 3.91. The number of piperazine rings is 1. The standard InChI is InChI=1S/C17H20F3N3OS/c1-11-22-16(17(18,19)20)15(25-11)10-23-8-7-21-9-13(23)12-5-3-4-6-14(12)24-2/h3-6,13,21H,7-10H2,1-2H3. The summed E-state index contributed by atoms with van der Waals surface area (Å²) in [6, 6.07) is 7.60. The van der Waals surface area contributed by atoms with Crippen LogP contribution in [-0.2, 0) is 12.7 Å². The predicted octanol–water partition coefficient (Wildman–Crippen LogP) is 3.63. The van der Waals surface area contributed by atoms with E-state index in [1.54, 1.807) is 14.0 Å². The lowest BCUT2D eigenvalue weighted by atomic mass is 10.0. The van der Waals surface area contributed by atoms with Crippen LogP contribution in [0.1, 0.15) is 27.2 Å². The van der Waals surface area contributed by atoms with Crippen LogP contribution in [0.5, 0.6) is 5.75 Å². The third-order valence-corrected chi connectivity index (χ3v) is 5.23. The van der Waals surface area contributed by atoms with Gasteiger partial charge in [0.05, 0.1) is 23.0 Å². The van der Waals surface area contributed by atoms with E-state index in [9.17, 15) is 13.2 Å². The molecule has 1 unspecified atom stereocenters. The van der Waals surface area contributed by atoms with E-state index in [-0.39, 0.29) is 17.5 Å². The van der Waals surface area contributed by atoms with Crippen LogP contribution >= 0.6 is 11.3 Å². The van der Waals surface area contributed by atoms with Crippen LogP contribution in [-0.4, -0.2) is 36.6 Å². The number of rotatable bonds is 4. The number of aromatic nitrogens is 1. The quantitative estimate of drug-likeness (QED) is 0.891. The van der Waals surface area contributed by atoms with Crippen molar-refractivity contribution in [1.82, 2.24) is 15.2 Å². The van der Waals surface area contributed by atoms with Gasteiger partial charge in [0.15, 0.2) is 5.69 Å². The van der Waals surface area contributed by atoms with E-state index in [4.69, 9.17) is 4.74 Å². The largest absolute Gasteiger partial charge is 0.496 e. The molecule has 1 aliphatic heterocycles. The van der Waals surface area contributed by atoms with Crippen molar-refractivity contribution < 1.29 is 17.9 Å². The van der Waals surface area contributed by atoms with Crippen LogP contribution in [0.4, 0.5) is 13.2 Å². The summed E-state index contributed by atoms with van der Waals surface area (Å²) >= 11 is 1.12. The molecule has 8 heteroatoms. The monoisotopic (exact) mass is 371 g/mol. The van der Waals surface area contributed by atoms with Gasteiger partial charge in [0.25, 0.3) is 0 Å². The van der Waals surface area contributed by atoms with Crippen molar-refractivity contribution in [3.05, 3.63) is 45.4 Å². The number of alkyl halides is 3. The second-order valence-corrected chi connectivity index (χ2v) is 7.22. The molecule has 2 heterocycles. The molecule has 4 nitrogen and oxygen atoms in total. The molecule has 0 bridgehead atoms. The number of nitrogens with zero attached hydrogens (tertiary/aromatic N) is 2. The molecule has 0 amide bonds. The summed E-state index contributed by atoms with van der Waals surface area (Å²) < 4.78 is 45.2. The van der Waals surface area contributed by atoms with Gasteiger partial charge in [-0.15, -0.1) is 11.3 Å². The SMILES string of the molecule is COc1ccccc1C1CNCCN1Cc1sc(C)nc1C(F)(F)F. The van der Waals surface area contributed by atoms with Gasteiger partial charge in [-0.1, -0.05) is 18.2 Å². The Hall–Kier alpha value is -1.64. The van der Waals surface area contributed by atoms with Crippen molar-refractivity contribution in [3.63, 3.8) is 0 Å². The average molecular weight is 371 g/mol. The topological polar surface area (TPSA) is 37.4 Å². The average Bonchev–Trinajstić information content (AvgIpc) is 2.96. The van der Waals surface area contributed by atoms with Gasteiger partial charge in [-0.05, 0) is 13.0 Å². The van der Waals surface area contributed by atoms with E-state index in [0.29, 0.717) is 18.1 Å². The number of methoxy groups -OCH3 is 1. The van der Waals surface area contributed by atoms with Gasteiger partial charge < -0.3 is 10.1 Å². The van der Waals surface area contributed by atoms with Gasteiger partial charge in [-0.25, -0.2) is 4.98 Å². The lowest BCUT2D eigenvalue weighted by Gasteiger charge is -2.37. The summed E-state index contributed by atoms with van der Waals surface area (Å²) in [5.41, 5.74) is 0.222. The zero-order chi connectivity index (χ0) is 18.0. The first-order valence-electron chi connectivity index (χ1n) is 8.01. The van der Waals surface area contributed by atoms with Gasteiger partial charge >= 0.3 is 6.18 Å². The second-order valence-electron chi connectivity index (χ2n) is 5.93. The molecule has 0 spiro atoms. The van der Waals surface area contributed by atoms with Gasteiger partial charge in [0.2, 0.25) is 0 Å². The minimum Gasteiger partial charge on any atom is -0.496 e. The number of nitrogens with one attached hydrogen (secondary N) is 1. The zero-order valence-electron chi connectivity index (χ0n) is 14.1. The molecule has 1 N–H and O–H groups in total. The molecule has 136 valence electrons. The molecular weight excluding hydrogens is 351 g/mol. The molecule has 1 aromatic heterocycles. The number of benzene rings is 1. The van der Waals surface area contributed by atoms with Crippen molar-refractivity contribution in [3.8, 4) is 5.75 Å². The zero-order valence-corrected chi connectivity index (χ0v) is 14.9. The first-order chi connectivity index (χ1) is 11.9. The summed E-state index contributed by atoms with van der Waals surface area (Å²) in [5.74, 6) is 0.748. The van der Waals surface area contributed by atoms with E-state index in [2.05, 4.69) is 15.2 Å². The molecule has 0 aliphatic carbocycles. The normalized spacial score (nSPS) is 19.2. The molecule has 25 heavy (non-hydrogen) atoms. The molecule has 1 aliphatic rings. The van der Waals surface area contributed by atoms with Crippen molar-refractivity contribution in [2.24, 2.45) is 0 Å². The maximum absolute atomic E-state index is 13.2. The van der Waals surface area contributed by atoms with Crippen LogP contribution < -0.4 is 10.1 Å². The fourth-order valence-corrected chi connectivity index (χ4v) is 4.15. The van der Waals surface area contributed by atoms with Crippen LogP contribution in [0.15, 0.2) is 24.3 Å². The Morgan fingerprint density at radius 2 is 2.12 bits per heavy atom. The van der Waals surface area contributed by atoms with Crippen LogP contribution in [0.2, 0.25) is 0 Å². The van der Waals surface area contributed by atoms with E-state index in [1.165, 1.54) is 0 Å². The minimum absolute atomic E-state index is 0.0478. The second kappa shape index (κ2) is 7.31. The molecule has 2 aromatic rings. The van der Waals surface area contributed by atoms with Crippen molar-refractivity contribution in [2.75, 3.05) is 26.7 Å². The van der Waals surface area contributed by atoms with Crippen LogP contribution in [0, 0.1) is 6.92 Å². The molecule has 0 saturated carbocycles. The molecule has 1 fully saturated rings. The number of para-hydroxylation sites is 1. The molecule has 1 aromatic carbocycles. The Labute approximate surface area is 148 Å². The third kappa shape index (κ3) is 3.96. The van der Waals surface area contributed by atoms with E-state index < -0.39 is 11.9 Å². The fourth-order valence-electron chi connectivity index (χ4n) is 3.17. The summed E-state index contributed by atoms with van der Waals surface area (Å²) in [6.07, 6.45) is -4.42. The number of ether oxygens (including phenoxy) is 1. The highest BCUT2D eigenvalue weighted by Gasteiger charge is 2.38. The highest BCUT2D eigenvalue weighted by atomic mass is 32.1. The van der Waals surface area contributed by atoms with Gasteiger partial charge in [0.1, 0.15) is 5.75 Å². The molecule has 1 atom stereocenters. The predicted molar refractivity (Wildman–Crippen MR) is 90.9 cm³/mol. The van der Waals surface area contributed by atoms with E-state index in [0.717, 1.165) is 29.2 Å². The maximum atomic E-state index is 13.2. The Kier molecular flexibility index (Phi) is 5.31. The summed E-state index contributed by atoms with van der Waals surface area (Å²) in [5, 5.41) is 3.76. The van der Waals surface area contributed by atoms with Gasteiger partial charge in [0, 0.05) is 31.7 Å². The van der Waals surface area contributed by atoms with Gasteiger partial charge in [-0.2, -0.15) is 13.2 Å². The number of aryl methyl sites for hydroxylation is 1. The number of hydrogen-bond donors (Lipinski definition) is 1. The van der Waals surface area contributed by atoms with Crippen LogP contribution in [0.3, 0.4) is 0 Å². The molecule has 0 radical (unpaired) electrons. The fraction of sp³-hybridized carbons (Fsp3) is 0.471. The van der Waals surface area contributed by atoms with Crippen LogP contribution in [0.25, 0.3) is 0 Å². The Balaban J connectivity index is 1.90. The number of thiazole rings is 1.